The quantitative estimate of drug-likeness (QED) is 0.379. The summed E-state index contributed by atoms with van der Waals surface area (Å²) in [5.41, 5.74) is 0. The molecule has 0 aliphatic heterocycles. The number of rotatable bonds is 6. The minimum atomic E-state index is -6.78. The highest BCUT2D eigenvalue weighted by molar-refractivity contribution is 5.03. The Morgan fingerprint density at radius 3 is 1.43 bits per heavy atom. The second kappa shape index (κ2) is 8.25. The van der Waals surface area contributed by atoms with Gasteiger partial charge in [-0.05, 0) is 56.3 Å². The molecule has 0 radical (unpaired) electrons. The Balaban J connectivity index is 1.98. The molecule has 0 nitrogen and oxygen atoms in total. The fourth-order valence-corrected chi connectivity index (χ4v) is 4.95. The van der Waals surface area contributed by atoms with Crippen molar-refractivity contribution in [1.82, 2.24) is 0 Å². The molecule has 0 heterocycles. The summed E-state index contributed by atoms with van der Waals surface area (Å²) in [5, 5.41) is 0. The molecule has 2 saturated carbocycles. The fourth-order valence-electron chi connectivity index (χ4n) is 4.95. The predicted octanol–water partition coefficient (Wildman–Crippen LogP) is 7.87. The van der Waals surface area contributed by atoms with Gasteiger partial charge in [0.05, 0.1) is 0 Å². The fraction of sp³-hybridized carbons (Fsp3) is 1.00. The highest BCUT2D eigenvalue weighted by Crippen LogP contribution is 2.57. The molecule has 9 heteroatoms. The molecule has 0 aromatic rings. The van der Waals surface area contributed by atoms with Crippen molar-refractivity contribution in [3.05, 3.63) is 0 Å². The van der Waals surface area contributed by atoms with Crippen molar-refractivity contribution in [2.24, 2.45) is 23.7 Å². The standard InChI is InChI=1S/C19H27F9/c1-2-3-12-4-6-13(7-5-12)14-8-10-15(11-9-14)16(20,21)17(22,23)18(24,25)19(26,27)28/h12-15H,2-11H2,1H3/t12-,13-,14-,15-. The van der Waals surface area contributed by atoms with Gasteiger partial charge in [0.15, 0.2) is 0 Å². The summed E-state index contributed by atoms with van der Waals surface area (Å²) in [4.78, 5) is 0. The molecule has 0 N–H and O–H groups in total. The van der Waals surface area contributed by atoms with Crippen LogP contribution in [0.5, 0.6) is 0 Å². The Bertz CT molecular complexity index is 496. The second-order valence-corrected chi connectivity index (χ2v) is 8.45. The zero-order valence-corrected chi connectivity index (χ0v) is 15.8. The molecule has 2 aliphatic rings. The minimum absolute atomic E-state index is 0.0476. The van der Waals surface area contributed by atoms with E-state index in [4.69, 9.17) is 0 Å². The van der Waals surface area contributed by atoms with E-state index in [1.807, 2.05) is 0 Å². The Morgan fingerprint density at radius 1 is 0.607 bits per heavy atom. The maximum absolute atomic E-state index is 14.1. The molecule has 2 fully saturated rings. The van der Waals surface area contributed by atoms with E-state index in [1.54, 1.807) is 0 Å². The maximum Gasteiger partial charge on any atom is 0.460 e. The third kappa shape index (κ3) is 4.27. The van der Waals surface area contributed by atoms with Crippen LogP contribution in [-0.4, -0.2) is 23.9 Å². The van der Waals surface area contributed by atoms with Gasteiger partial charge in [-0.3, -0.25) is 0 Å². The molecule has 166 valence electrons. The molecular formula is C19H27F9. The zero-order chi connectivity index (χ0) is 21.4. The van der Waals surface area contributed by atoms with E-state index in [0.29, 0.717) is 11.8 Å². The molecule has 2 aliphatic carbocycles. The molecule has 0 aromatic carbocycles. The van der Waals surface area contributed by atoms with Crippen LogP contribution in [0.4, 0.5) is 39.5 Å². The lowest BCUT2D eigenvalue weighted by molar-refractivity contribution is -0.404. The van der Waals surface area contributed by atoms with E-state index in [0.717, 1.165) is 38.5 Å². The summed E-state index contributed by atoms with van der Waals surface area (Å²) in [6.45, 7) is 2.10. The van der Waals surface area contributed by atoms with Crippen LogP contribution in [0.15, 0.2) is 0 Å². The zero-order valence-electron chi connectivity index (χ0n) is 15.8. The van der Waals surface area contributed by atoms with E-state index < -0.39 is 42.7 Å². The molecule has 0 unspecified atom stereocenters. The van der Waals surface area contributed by atoms with Crippen LogP contribution in [0.25, 0.3) is 0 Å². The largest absolute Gasteiger partial charge is 0.460 e. The van der Waals surface area contributed by atoms with E-state index in [-0.39, 0.29) is 18.8 Å². The van der Waals surface area contributed by atoms with Gasteiger partial charge in [-0.15, -0.1) is 0 Å². The average molecular weight is 426 g/mol. The lowest BCUT2D eigenvalue weighted by atomic mass is 9.67. The van der Waals surface area contributed by atoms with Crippen molar-refractivity contribution in [2.75, 3.05) is 0 Å². The van der Waals surface area contributed by atoms with Crippen LogP contribution in [0, 0.1) is 23.7 Å². The van der Waals surface area contributed by atoms with Gasteiger partial charge < -0.3 is 0 Å². The molecule has 0 atom stereocenters. The summed E-state index contributed by atoms with van der Waals surface area (Å²) in [7, 11) is 0. The molecule has 0 saturated heterocycles. The van der Waals surface area contributed by atoms with Crippen LogP contribution in [0.3, 0.4) is 0 Å². The van der Waals surface area contributed by atoms with Gasteiger partial charge in [0.1, 0.15) is 0 Å². The van der Waals surface area contributed by atoms with Gasteiger partial charge in [-0.2, -0.15) is 39.5 Å². The summed E-state index contributed by atoms with van der Waals surface area (Å²) < 4.78 is 118. The lowest BCUT2D eigenvalue weighted by Gasteiger charge is -2.42. The summed E-state index contributed by atoms with van der Waals surface area (Å²) in [6, 6.07) is 0. The Kier molecular flexibility index (Phi) is 6.96. The lowest BCUT2D eigenvalue weighted by Crippen LogP contribution is -2.63. The van der Waals surface area contributed by atoms with Crippen molar-refractivity contribution in [1.29, 1.82) is 0 Å². The summed E-state index contributed by atoms with van der Waals surface area (Å²) >= 11 is 0. The highest BCUT2D eigenvalue weighted by atomic mass is 19.4. The SMILES string of the molecule is CCC[C@H]1CC[C@H]([C@H]2CC[C@H](C(F)(F)C(F)(F)C(F)(F)C(F)(F)F)CC2)CC1. The normalized spacial score (nSPS) is 31.1. The monoisotopic (exact) mass is 426 g/mol. The van der Waals surface area contributed by atoms with E-state index in [2.05, 4.69) is 6.92 Å². The molecule has 0 bridgehead atoms. The molecular weight excluding hydrogens is 399 g/mol. The maximum atomic E-state index is 14.1. The Morgan fingerprint density at radius 2 is 1.04 bits per heavy atom. The van der Waals surface area contributed by atoms with Crippen molar-refractivity contribution in [3.63, 3.8) is 0 Å². The van der Waals surface area contributed by atoms with Gasteiger partial charge in [-0.25, -0.2) is 0 Å². The minimum Gasteiger partial charge on any atom is -0.199 e. The molecule has 0 spiro atoms. The molecule has 2 rings (SSSR count). The van der Waals surface area contributed by atoms with Crippen LogP contribution in [-0.2, 0) is 0 Å². The van der Waals surface area contributed by atoms with Gasteiger partial charge in [-0.1, -0.05) is 32.6 Å². The molecule has 0 aromatic heterocycles. The molecule has 28 heavy (non-hydrogen) atoms. The van der Waals surface area contributed by atoms with Gasteiger partial charge in [0.25, 0.3) is 0 Å². The van der Waals surface area contributed by atoms with Crippen molar-refractivity contribution in [2.45, 2.75) is 95.1 Å². The van der Waals surface area contributed by atoms with Crippen LogP contribution in [0.1, 0.15) is 71.1 Å². The summed E-state index contributed by atoms with van der Waals surface area (Å²) in [5.74, 6) is -19.9. The number of halogens is 9. The van der Waals surface area contributed by atoms with E-state index in [1.165, 1.54) is 0 Å². The van der Waals surface area contributed by atoms with Gasteiger partial charge in [0, 0.05) is 5.92 Å². The topological polar surface area (TPSA) is 0 Å². The number of alkyl halides is 9. The molecule has 0 amide bonds. The Labute approximate surface area is 159 Å². The van der Waals surface area contributed by atoms with Gasteiger partial charge in [0.2, 0.25) is 0 Å². The predicted molar refractivity (Wildman–Crippen MR) is 86.7 cm³/mol. The number of hydrogen-bond acceptors (Lipinski definition) is 0. The van der Waals surface area contributed by atoms with Crippen molar-refractivity contribution < 1.29 is 39.5 Å². The summed E-state index contributed by atoms with van der Waals surface area (Å²) in [6.07, 6.45) is -1.19. The van der Waals surface area contributed by atoms with Crippen LogP contribution >= 0.6 is 0 Å². The average Bonchev–Trinajstić information content (AvgIpc) is 2.61. The second-order valence-electron chi connectivity index (χ2n) is 8.45. The van der Waals surface area contributed by atoms with Crippen LogP contribution < -0.4 is 0 Å². The first-order valence-electron chi connectivity index (χ1n) is 9.95. The van der Waals surface area contributed by atoms with Gasteiger partial charge >= 0.3 is 23.9 Å². The smallest absolute Gasteiger partial charge is 0.199 e. The third-order valence-electron chi connectivity index (χ3n) is 6.71. The first-order valence-corrected chi connectivity index (χ1v) is 9.95. The highest BCUT2D eigenvalue weighted by Gasteiger charge is 2.82. The first-order chi connectivity index (χ1) is 12.8. The van der Waals surface area contributed by atoms with E-state index in [9.17, 15) is 39.5 Å². The van der Waals surface area contributed by atoms with Crippen LogP contribution in [0.2, 0.25) is 0 Å². The van der Waals surface area contributed by atoms with E-state index >= 15 is 0 Å². The third-order valence-corrected chi connectivity index (χ3v) is 6.71. The number of hydrogen-bond donors (Lipinski definition) is 0. The first kappa shape index (κ1) is 23.6. The van der Waals surface area contributed by atoms with Crippen molar-refractivity contribution in [3.8, 4) is 0 Å². The van der Waals surface area contributed by atoms with Crippen molar-refractivity contribution >= 4 is 0 Å². The Hall–Kier alpha value is -0.630.